The van der Waals surface area contributed by atoms with Crippen molar-refractivity contribution in [3.8, 4) is 5.75 Å². The van der Waals surface area contributed by atoms with E-state index in [1.165, 1.54) is 18.4 Å². The van der Waals surface area contributed by atoms with Gasteiger partial charge in [-0.1, -0.05) is 12.1 Å². The molecule has 0 aromatic heterocycles. The lowest BCUT2D eigenvalue weighted by molar-refractivity contribution is 0.112. The summed E-state index contributed by atoms with van der Waals surface area (Å²) < 4.78 is 5.58. The van der Waals surface area contributed by atoms with Crippen molar-refractivity contribution in [2.45, 2.75) is 24.7 Å². The van der Waals surface area contributed by atoms with Crippen LogP contribution in [0.1, 0.15) is 35.2 Å². The lowest BCUT2D eigenvalue weighted by Gasteiger charge is -2.25. The molecule has 1 aliphatic heterocycles. The highest BCUT2D eigenvalue weighted by Gasteiger charge is 2.47. The van der Waals surface area contributed by atoms with Crippen LogP contribution in [0, 0.1) is 0 Å². The molecule has 1 saturated carbocycles. The summed E-state index contributed by atoms with van der Waals surface area (Å²) >= 11 is 0. The predicted molar refractivity (Wildman–Crippen MR) is 52.9 cm³/mol. The van der Waals surface area contributed by atoms with Gasteiger partial charge in [-0.15, -0.1) is 0 Å². The molecule has 0 unspecified atom stereocenters. The van der Waals surface area contributed by atoms with Gasteiger partial charge in [0.15, 0.2) is 0 Å². The third kappa shape index (κ3) is 0.999. The largest absolute Gasteiger partial charge is 0.493 e. The first-order valence-corrected chi connectivity index (χ1v) is 5.07. The molecule has 0 bridgehead atoms. The van der Waals surface area contributed by atoms with E-state index in [1.807, 2.05) is 12.1 Å². The van der Waals surface area contributed by atoms with Gasteiger partial charge in [0.2, 0.25) is 0 Å². The van der Waals surface area contributed by atoms with Crippen molar-refractivity contribution in [2.75, 3.05) is 6.61 Å². The van der Waals surface area contributed by atoms with E-state index in [1.54, 1.807) is 0 Å². The van der Waals surface area contributed by atoms with E-state index in [9.17, 15) is 4.79 Å². The summed E-state index contributed by atoms with van der Waals surface area (Å²) in [5.74, 6) is 0.929. The van der Waals surface area contributed by atoms with Gasteiger partial charge in [-0.25, -0.2) is 0 Å². The fourth-order valence-electron chi connectivity index (χ4n) is 2.33. The van der Waals surface area contributed by atoms with E-state index in [0.717, 1.165) is 25.1 Å². The van der Waals surface area contributed by atoms with Crippen molar-refractivity contribution in [1.82, 2.24) is 0 Å². The van der Waals surface area contributed by atoms with Crippen molar-refractivity contribution < 1.29 is 9.53 Å². The summed E-state index contributed by atoms with van der Waals surface area (Å²) in [6.07, 6.45) is 4.58. The summed E-state index contributed by atoms with van der Waals surface area (Å²) in [6.45, 7) is 0.801. The normalized spacial score (nSPS) is 21.1. The lowest BCUT2D eigenvalue weighted by Crippen LogP contribution is -2.19. The lowest BCUT2D eigenvalue weighted by atomic mass is 9.89. The van der Waals surface area contributed by atoms with Crippen LogP contribution in [0.5, 0.6) is 5.75 Å². The third-order valence-corrected chi connectivity index (χ3v) is 3.40. The zero-order chi connectivity index (χ0) is 9.60. The predicted octanol–water partition coefficient (Wildman–Crippen LogP) is 2.31. The minimum atomic E-state index is 0.412. The van der Waals surface area contributed by atoms with Crippen LogP contribution >= 0.6 is 0 Å². The third-order valence-electron chi connectivity index (χ3n) is 3.40. The number of fused-ring (bicyclic) bond motifs is 2. The maximum absolute atomic E-state index is 10.6. The van der Waals surface area contributed by atoms with Gasteiger partial charge in [0, 0.05) is 16.5 Å². The van der Waals surface area contributed by atoms with Gasteiger partial charge >= 0.3 is 0 Å². The first-order chi connectivity index (χ1) is 6.84. The Bertz CT molecular complexity index is 391. The van der Waals surface area contributed by atoms with Crippen molar-refractivity contribution in [1.29, 1.82) is 0 Å². The molecular weight excluding hydrogens is 176 g/mol. The highest BCUT2D eigenvalue weighted by molar-refractivity contribution is 5.76. The average molecular weight is 188 g/mol. The van der Waals surface area contributed by atoms with E-state index in [4.69, 9.17) is 4.74 Å². The SMILES string of the molecule is O=Cc1ccc2c(c1)OCCC21CC1. The molecule has 0 atom stereocenters. The second-order valence-corrected chi connectivity index (χ2v) is 4.25. The summed E-state index contributed by atoms with van der Waals surface area (Å²) in [6, 6.07) is 5.81. The van der Waals surface area contributed by atoms with Gasteiger partial charge in [0.25, 0.3) is 0 Å². The second kappa shape index (κ2) is 2.59. The van der Waals surface area contributed by atoms with Crippen LogP contribution in [0.4, 0.5) is 0 Å². The number of carbonyl (C=O) groups excluding carboxylic acids is 1. The van der Waals surface area contributed by atoms with E-state index >= 15 is 0 Å². The van der Waals surface area contributed by atoms with Gasteiger partial charge in [0.05, 0.1) is 6.61 Å². The van der Waals surface area contributed by atoms with E-state index < -0.39 is 0 Å². The quantitative estimate of drug-likeness (QED) is 0.632. The Morgan fingerprint density at radius 2 is 2.14 bits per heavy atom. The molecule has 0 radical (unpaired) electrons. The molecule has 1 heterocycles. The molecule has 2 aliphatic rings. The summed E-state index contributed by atoms with van der Waals surface area (Å²) in [7, 11) is 0. The molecule has 1 fully saturated rings. The maximum Gasteiger partial charge on any atom is 0.150 e. The molecular formula is C12H12O2. The first kappa shape index (κ1) is 8.04. The minimum absolute atomic E-state index is 0.412. The topological polar surface area (TPSA) is 26.3 Å². The number of aldehydes is 1. The number of hydrogen-bond donors (Lipinski definition) is 0. The summed E-state index contributed by atoms with van der Waals surface area (Å²) in [5, 5.41) is 0. The van der Waals surface area contributed by atoms with Crippen LogP contribution in [0.2, 0.25) is 0 Å². The van der Waals surface area contributed by atoms with E-state index in [-0.39, 0.29) is 0 Å². The number of benzene rings is 1. The Kier molecular flexibility index (Phi) is 1.49. The molecule has 0 N–H and O–H groups in total. The zero-order valence-corrected chi connectivity index (χ0v) is 7.95. The van der Waals surface area contributed by atoms with Crippen molar-refractivity contribution in [3.05, 3.63) is 29.3 Å². The molecule has 2 nitrogen and oxygen atoms in total. The number of rotatable bonds is 1. The van der Waals surface area contributed by atoms with Gasteiger partial charge in [0.1, 0.15) is 12.0 Å². The number of hydrogen-bond acceptors (Lipinski definition) is 2. The Morgan fingerprint density at radius 3 is 2.86 bits per heavy atom. The standard InChI is InChI=1S/C12H12O2/c13-8-9-1-2-10-11(7-9)14-6-5-12(10)3-4-12/h1-2,7-8H,3-6H2. The maximum atomic E-state index is 10.6. The summed E-state index contributed by atoms with van der Waals surface area (Å²) in [4.78, 5) is 10.6. The average Bonchev–Trinajstić information content (AvgIpc) is 2.99. The van der Waals surface area contributed by atoms with Crippen LogP contribution in [0.15, 0.2) is 18.2 Å². The van der Waals surface area contributed by atoms with Gasteiger partial charge < -0.3 is 4.74 Å². The molecule has 2 heteroatoms. The highest BCUT2D eigenvalue weighted by Crippen LogP contribution is 2.55. The van der Waals surface area contributed by atoms with Gasteiger partial charge in [-0.05, 0) is 25.3 Å². The van der Waals surface area contributed by atoms with Crippen molar-refractivity contribution >= 4 is 6.29 Å². The molecule has 14 heavy (non-hydrogen) atoms. The first-order valence-electron chi connectivity index (χ1n) is 5.07. The van der Waals surface area contributed by atoms with Crippen LogP contribution < -0.4 is 4.74 Å². The molecule has 0 amide bonds. The van der Waals surface area contributed by atoms with Crippen LogP contribution in [0.3, 0.4) is 0 Å². The molecule has 1 aromatic carbocycles. The molecule has 0 saturated heterocycles. The number of ether oxygens (including phenoxy) is 1. The monoisotopic (exact) mass is 188 g/mol. The second-order valence-electron chi connectivity index (χ2n) is 4.25. The minimum Gasteiger partial charge on any atom is -0.493 e. The van der Waals surface area contributed by atoms with Gasteiger partial charge in [-0.2, -0.15) is 0 Å². The van der Waals surface area contributed by atoms with Crippen molar-refractivity contribution in [2.24, 2.45) is 0 Å². The summed E-state index contributed by atoms with van der Waals surface area (Å²) in [5.41, 5.74) is 2.44. The molecule has 72 valence electrons. The smallest absolute Gasteiger partial charge is 0.150 e. The Hall–Kier alpha value is -1.31. The van der Waals surface area contributed by atoms with E-state index in [2.05, 4.69) is 6.07 Å². The zero-order valence-electron chi connectivity index (χ0n) is 7.95. The van der Waals surface area contributed by atoms with E-state index in [0.29, 0.717) is 11.0 Å². The van der Waals surface area contributed by atoms with Gasteiger partial charge in [-0.3, -0.25) is 4.79 Å². The highest BCUT2D eigenvalue weighted by atomic mass is 16.5. The Labute approximate surface area is 82.9 Å². The molecule has 1 aromatic rings. The fourth-order valence-corrected chi connectivity index (χ4v) is 2.33. The molecule has 3 rings (SSSR count). The molecule has 1 aliphatic carbocycles. The van der Waals surface area contributed by atoms with Crippen LogP contribution in [-0.4, -0.2) is 12.9 Å². The van der Waals surface area contributed by atoms with Crippen LogP contribution in [-0.2, 0) is 5.41 Å². The van der Waals surface area contributed by atoms with Crippen LogP contribution in [0.25, 0.3) is 0 Å². The Morgan fingerprint density at radius 1 is 1.29 bits per heavy atom. The fraction of sp³-hybridized carbons (Fsp3) is 0.417. The number of carbonyl (C=O) groups is 1. The Balaban J connectivity index is 2.12. The molecule has 1 spiro atoms. The van der Waals surface area contributed by atoms with Crippen molar-refractivity contribution in [3.63, 3.8) is 0 Å².